The standard InChI is InChI=1S/C19H30N2O3/c1-5-19(3,4)21-18(22)14(2)20-15-8-10-16(11-9-15)24-13-17-7-6-12-23-17/h8-11,14,17,20H,5-7,12-13H2,1-4H3,(H,21,22)/t14-,17+/m1/s1. The number of hydrogen-bond acceptors (Lipinski definition) is 4. The Labute approximate surface area is 145 Å². The molecule has 1 saturated heterocycles. The van der Waals surface area contributed by atoms with Gasteiger partial charge in [0.2, 0.25) is 5.91 Å². The molecule has 1 heterocycles. The van der Waals surface area contributed by atoms with Gasteiger partial charge in [-0.15, -0.1) is 0 Å². The number of ether oxygens (including phenoxy) is 2. The summed E-state index contributed by atoms with van der Waals surface area (Å²) in [4.78, 5) is 12.2. The summed E-state index contributed by atoms with van der Waals surface area (Å²) in [5.74, 6) is 0.820. The van der Waals surface area contributed by atoms with Gasteiger partial charge in [0.05, 0.1) is 6.10 Å². The van der Waals surface area contributed by atoms with E-state index in [-0.39, 0.29) is 23.6 Å². The molecule has 2 atom stereocenters. The number of benzene rings is 1. The van der Waals surface area contributed by atoms with Gasteiger partial charge in [-0.1, -0.05) is 6.92 Å². The van der Waals surface area contributed by atoms with Gasteiger partial charge in [-0.25, -0.2) is 0 Å². The van der Waals surface area contributed by atoms with Gasteiger partial charge >= 0.3 is 0 Å². The smallest absolute Gasteiger partial charge is 0.242 e. The Morgan fingerprint density at radius 3 is 2.67 bits per heavy atom. The van der Waals surface area contributed by atoms with Crippen molar-refractivity contribution in [1.82, 2.24) is 5.32 Å². The molecule has 1 fully saturated rings. The minimum atomic E-state index is -0.297. The van der Waals surface area contributed by atoms with Crippen LogP contribution >= 0.6 is 0 Å². The molecule has 0 bridgehead atoms. The van der Waals surface area contributed by atoms with E-state index in [4.69, 9.17) is 9.47 Å². The van der Waals surface area contributed by atoms with Crippen LogP contribution in [0.1, 0.15) is 47.0 Å². The first-order valence-corrected chi connectivity index (χ1v) is 8.82. The van der Waals surface area contributed by atoms with E-state index in [9.17, 15) is 4.79 Å². The molecule has 24 heavy (non-hydrogen) atoms. The minimum Gasteiger partial charge on any atom is -0.491 e. The molecule has 1 aromatic rings. The first-order chi connectivity index (χ1) is 11.4. The topological polar surface area (TPSA) is 59.6 Å². The Balaban J connectivity index is 1.80. The summed E-state index contributed by atoms with van der Waals surface area (Å²) in [5, 5.41) is 6.27. The third-order valence-corrected chi connectivity index (χ3v) is 4.44. The van der Waals surface area contributed by atoms with Crippen LogP contribution in [0.25, 0.3) is 0 Å². The highest BCUT2D eigenvalue weighted by Crippen LogP contribution is 2.19. The van der Waals surface area contributed by atoms with E-state index in [2.05, 4.69) is 17.6 Å². The van der Waals surface area contributed by atoms with Crippen LogP contribution in [0.2, 0.25) is 0 Å². The first-order valence-electron chi connectivity index (χ1n) is 8.82. The summed E-state index contributed by atoms with van der Waals surface area (Å²) in [6.45, 7) is 9.41. The number of amides is 1. The van der Waals surface area contributed by atoms with Gasteiger partial charge in [0, 0.05) is 17.8 Å². The van der Waals surface area contributed by atoms with E-state index in [1.165, 1.54) is 0 Å². The highest BCUT2D eigenvalue weighted by atomic mass is 16.5. The second-order valence-corrected chi connectivity index (χ2v) is 7.06. The van der Waals surface area contributed by atoms with Gasteiger partial charge in [-0.05, 0) is 64.3 Å². The maximum Gasteiger partial charge on any atom is 0.242 e. The number of carbonyl (C=O) groups excluding carboxylic acids is 1. The van der Waals surface area contributed by atoms with Crippen molar-refractivity contribution in [3.8, 4) is 5.75 Å². The molecule has 134 valence electrons. The average Bonchev–Trinajstić information content (AvgIpc) is 3.07. The van der Waals surface area contributed by atoms with Crippen molar-refractivity contribution in [2.24, 2.45) is 0 Å². The zero-order chi connectivity index (χ0) is 17.6. The molecule has 0 aromatic heterocycles. The molecule has 1 aliphatic heterocycles. The number of rotatable bonds is 8. The zero-order valence-electron chi connectivity index (χ0n) is 15.2. The Morgan fingerprint density at radius 2 is 2.08 bits per heavy atom. The van der Waals surface area contributed by atoms with Crippen LogP contribution in [-0.4, -0.2) is 36.8 Å². The fourth-order valence-corrected chi connectivity index (χ4v) is 2.46. The fourth-order valence-electron chi connectivity index (χ4n) is 2.46. The molecule has 0 saturated carbocycles. The van der Waals surface area contributed by atoms with E-state index in [1.807, 2.05) is 45.0 Å². The SMILES string of the molecule is CCC(C)(C)NC(=O)[C@@H](C)Nc1ccc(OC[C@@H]2CCCO2)cc1. The molecule has 1 aliphatic rings. The van der Waals surface area contributed by atoms with Crippen LogP contribution < -0.4 is 15.4 Å². The molecule has 0 radical (unpaired) electrons. The molecule has 5 nitrogen and oxygen atoms in total. The van der Waals surface area contributed by atoms with Crippen LogP contribution in [0.5, 0.6) is 5.75 Å². The first kappa shape index (κ1) is 18.6. The van der Waals surface area contributed by atoms with Gasteiger partial charge < -0.3 is 20.1 Å². The van der Waals surface area contributed by atoms with Crippen LogP contribution in [0.15, 0.2) is 24.3 Å². The lowest BCUT2D eigenvalue weighted by Crippen LogP contribution is -2.48. The number of anilines is 1. The van der Waals surface area contributed by atoms with E-state index < -0.39 is 0 Å². The monoisotopic (exact) mass is 334 g/mol. The lowest BCUT2D eigenvalue weighted by molar-refractivity contribution is -0.123. The number of carbonyl (C=O) groups is 1. The predicted octanol–water partition coefficient (Wildman–Crippen LogP) is 3.35. The van der Waals surface area contributed by atoms with Crippen molar-refractivity contribution in [1.29, 1.82) is 0 Å². The minimum absolute atomic E-state index is 0.000517. The van der Waals surface area contributed by atoms with Gasteiger partial charge in [-0.2, -0.15) is 0 Å². The number of hydrogen-bond donors (Lipinski definition) is 2. The summed E-state index contributed by atoms with van der Waals surface area (Å²) in [5.41, 5.74) is 0.712. The zero-order valence-corrected chi connectivity index (χ0v) is 15.2. The molecule has 0 spiro atoms. The highest BCUT2D eigenvalue weighted by molar-refractivity contribution is 5.84. The van der Waals surface area contributed by atoms with E-state index in [0.29, 0.717) is 6.61 Å². The van der Waals surface area contributed by atoms with Crippen molar-refractivity contribution in [3.05, 3.63) is 24.3 Å². The van der Waals surface area contributed by atoms with Crippen LogP contribution in [0, 0.1) is 0 Å². The van der Waals surface area contributed by atoms with Crippen molar-refractivity contribution in [3.63, 3.8) is 0 Å². The second kappa shape index (κ2) is 8.38. The van der Waals surface area contributed by atoms with Crippen molar-refractivity contribution < 1.29 is 14.3 Å². The van der Waals surface area contributed by atoms with Gasteiger partial charge in [0.25, 0.3) is 0 Å². The second-order valence-electron chi connectivity index (χ2n) is 7.06. The van der Waals surface area contributed by atoms with Crippen molar-refractivity contribution in [2.75, 3.05) is 18.5 Å². The van der Waals surface area contributed by atoms with E-state index in [0.717, 1.165) is 37.3 Å². The lowest BCUT2D eigenvalue weighted by atomic mass is 10.0. The van der Waals surface area contributed by atoms with Crippen LogP contribution in [-0.2, 0) is 9.53 Å². The molecule has 2 rings (SSSR count). The third-order valence-electron chi connectivity index (χ3n) is 4.44. The molecule has 0 aliphatic carbocycles. The molecule has 2 N–H and O–H groups in total. The summed E-state index contributed by atoms with van der Waals surface area (Å²) >= 11 is 0. The van der Waals surface area contributed by atoms with Crippen LogP contribution in [0.4, 0.5) is 5.69 Å². The van der Waals surface area contributed by atoms with Crippen LogP contribution in [0.3, 0.4) is 0 Å². The summed E-state index contributed by atoms with van der Waals surface area (Å²) in [6, 6.07) is 7.39. The lowest BCUT2D eigenvalue weighted by Gasteiger charge is -2.27. The van der Waals surface area contributed by atoms with Crippen molar-refractivity contribution in [2.45, 2.75) is 64.6 Å². The molecule has 1 amide bonds. The van der Waals surface area contributed by atoms with Crippen molar-refractivity contribution >= 4 is 11.6 Å². The Morgan fingerprint density at radius 1 is 1.38 bits per heavy atom. The summed E-state index contributed by atoms with van der Waals surface area (Å²) in [6.07, 6.45) is 3.29. The van der Waals surface area contributed by atoms with Gasteiger partial charge in [0.1, 0.15) is 18.4 Å². The third kappa shape index (κ3) is 5.71. The largest absolute Gasteiger partial charge is 0.491 e. The highest BCUT2D eigenvalue weighted by Gasteiger charge is 2.21. The summed E-state index contributed by atoms with van der Waals surface area (Å²) in [7, 11) is 0. The normalized spacial score (nSPS) is 18.9. The van der Waals surface area contributed by atoms with Gasteiger partial charge in [-0.3, -0.25) is 4.79 Å². The quantitative estimate of drug-likeness (QED) is 0.765. The number of nitrogens with one attached hydrogen (secondary N) is 2. The maximum atomic E-state index is 12.2. The van der Waals surface area contributed by atoms with Gasteiger partial charge in [0.15, 0.2) is 0 Å². The molecular formula is C19H30N2O3. The predicted molar refractivity (Wildman–Crippen MR) is 96.5 cm³/mol. The molecule has 0 unspecified atom stereocenters. The van der Waals surface area contributed by atoms with E-state index >= 15 is 0 Å². The maximum absolute atomic E-state index is 12.2. The Hall–Kier alpha value is -1.75. The average molecular weight is 334 g/mol. The summed E-state index contributed by atoms with van der Waals surface area (Å²) < 4.78 is 11.3. The fraction of sp³-hybridized carbons (Fsp3) is 0.632. The van der Waals surface area contributed by atoms with E-state index in [1.54, 1.807) is 0 Å². The molecule has 5 heteroatoms. The molecular weight excluding hydrogens is 304 g/mol. The molecule has 1 aromatic carbocycles. The Kier molecular flexibility index (Phi) is 6.49. The Bertz CT molecular complexity index is 522.